The number of hydrogen-bond donors (Lipinski definition) is 1. The second-order valence-corrected chi connectivity index (χ2v) is 3.26. The first kappa shape index (κ1) is 11.6. The van der Waals surface area contributed by atoms with Crippen molar-refractivity contribution in [3.63, 3.8) is 0 Å². The molecule has 1 aromatic carbocycles. The lowest BCUT2D eigenvalue weighted by atomic mass is 9.98. The highest BCUT2D eigenvalue weighted by atomic mass is 14.7. The van der Waals surface area contributed by atoms with Crippen LogP contribution in [0.25, 0.3) is 0 Å². The number of aromatic nitrogens is 1. The molecule has 0 saturated carbocycles. The fourth-order valence-corrected chi connectivity index (χ4v) is 1.53. The van der Waals surface area contributed by atoms with E-state index in [9.17, 15) is 0 Å². The number of benzene rings is 1. The second kappa shape index (κ2) is 6.07. The van der Waals surface area contributed by atoms with Crippen molar-refractivity contribution in [3.8, 4) is 0 Å². The Labute approximate surface area is 92.2 Å². The van der Waals surface area contributed by atoms with Crippen molar-refractivity contribution in [2.75, 3.05) is 0 Å². The van der Waals surface area contributed by atoms with E-state index >= 15 is 0 Å². The van der Waals surface area contributed by atoms with Crippen molar-refractivity contribution >= 4 is 0 Å². The maximum atomic E-state index is 3.24. The summed E-state index contributed by atoms with van der Waals surface area (Å²) in [4.78, 5) is 3.24. The van der Waals surface area contributed by atoms with Crippen molar-refractivity contribution < 1.29 is 0 Å². The van der Waals surface area contributed by atoms with Crippen LogP contribution < -0.4 is 0 Å². The van der Waals surface area contributed by atoms with Crippen molar-refractivity contribution in [3.05, 3.63) is 59.9 Å². The molecule has 0 aliphatic carbocycles. The highest BCUT2D eigenvalue weighted by molar-refractivity contribution is 5.27. The zero-order valence-electron chi connectivity index (χ0n) is 9.70. The molecule has 2 aromatic rings. The highest BCUT2D eigenvalue weighted by Gasteiger charge is 2.06. The van der Waals surface area contributed by atoms with Gasteiger partial charge in [0.25, 0.3) is 0 Å². The van der Waals surface area contributed by atoms with E-state index in [2.05, 4.69) is 42.2 Å². The molecule has 15 heavy (non-hydrogen) atoms. The summed E-state index contributed by atoms with van der Waals surface area (Å²) < 4.78 is 0. The third-order valence-electron chi connectivity index (χ3n) is 2.39. The van der Waals surface area contributed by atoms with E-state index in [1.54, 1.807) is 0 Å². The predicted molar refractivity (Wildman–Crippen MR) is 66.1 cm³/mol. The molecule has 0 bridgehead atoms. The fraction of sp³-hybridized carbons (Fsp3) is 0.286. The Morgan fingerprint density at radius 3 is 2.13 bits per heavy atom. The average molecular weight is 201 g/mol. The summed E-state index contributed by atoms with van der Waals surface area (Å²) in [6.07, 6.45) is 1.97. The van der Waals surface area contributed by atoms with Crippen LogP contribution in [0.3, 0.4) is 0 Å². The van der Waals surface area contributed by atoms with Gasteiger partial charge in [-0.05, 0) is 17.7 Å². The van der Waals surface area contributed by atoms with Crippen LogP contribution in [0.5, 0.6) is 0 Å². The molecule has 1 heterocycles. The van der Waals surface area contributed by atoms with Gasteiger partial charge in [0.15, 0.2) is 0 Å². The molecule has 1 unspecified atom stereocenters. The van der Waals surface area contributed by atoms with Gasteiger partial charge in [0.1, 0.15) is 0 Å². The minimum atomic E-state index is 0.455. The Bertz CT molecular complexity index is 348. The molecule has 1 nitrogen and oxygen atoms in total. The average Bonchev–Trinajstić information content (AvgIpc) is 2.85. The van der Waals surface area contributed by atoms with Gasteiger partial charge < -0.3 is 4.98 Å². The van der Waals surface area contributed by atoms with E-state index in [-0.39, 0.29) is 0 Å². The number of hydrogen-bond acceptors (Lipinski definition) is 0. The van der Waals surface area contributed by atoms with Crippen LogP contribution in [0, 0.1) is 0 Å². The molecule has 1 N–H and O–H groups in total. The van der Waals surface area contributed by atoms with Crippen LogP contribution in [-0.4, -0.2) is 4.98 Å². The third kappa shape index (κ3) is 2.98. The number of nitrogens with one attached hydrogen (secondary N) is 1. The van der Waals surface area contributed by atoms with Crippen molar-refractivity contribution in [2.45, 2.75) is 26.7 Å². The van der Waals surface area contributed by atoms with Crippen molar-refractivity contribution in [1.29, 1.82) is 0 Å². The van der Waals surface area contributed by atoms with Gasteiger partial charge in [-0.1, -0.05) is 51.1 Å². The van der Waals surface area contributed by atoms with Gasteiger partial charge in [-0.15, -0.1) is 0 Å². The molecule has 0 aliphatic heterocycles. The molecule has 0 fully saturated rings. The Hall–Kier alpha value is -1.50. The van der Waals surface area contributed by atoms with Crippen molar-refractivity contribution in [1.82, 2.24) is 4.98 Å². The zero-order valence-corrected chi connectivity index (χ0v) is 9.70. The van der Waals surface area contributed by atoms with E-state index in [1.807, 2.05) is 32.2 Å². The van der Waals surface area contributed by atoms with E-state index in [0.717, 1.165) is 0 Å². The quantitative estimate of drug-likeness (QED) is 0.749. The van der Waals surface area contributed by atoms with Gasteiger partial charge in [0, 0.05) is 17.8 Å². The topological polar surface area (TPSA) is 15.8 Å². The van der Waals surface area contributed by atoms with E-state index < -0.39 is 0 Å². The minimum Gasteiger partial charge on any atom is -0.364 e. The summed E-state index contributed by atoms with van der Waals surface area (Å²) in [5.41, 5.74) is 2.62. The summed E-state index contributed by atoms with van der Waals surface area (Å²) in [5.74, 6) is 0.455. The molecule has 0 spiro atoms. The Morgan fingerprint density at radius 2 is 1.60 bits per heavy atom. The molecular formula is C14H19N. The zero-order chi connectivity index (χ0) is 11.1. The maximum Gasteiger partial charge on any atom is 0.0220 e. The first-order valence-electron chi connectivity index (χ1n) is 5.56. The molecule has 1 aromatic heterocycles. The lowest BCUT2D eigenvalue weighted by molar-refractivity contribution is 0.884. The standard InChI is InChI=1S/C12H13N.C2H6/c1-10(12-8-5-9-13-12)11-6-3-2-4-7-11;1-2/h2-10,13H,1H3;1-2H3. The summed E-state index contributed by atoms with van der Waals surface area (Å²) in [6, 6.07) is 14.7. The molecule has 1 heteroatoms. The molecule has 0 radical (unpaired) electrons. The van der Waals surface area contributed by atoms with E-state index in [1.165, 1.54) is 11.3 Å². The van der Waals surface area contributed by atoms with Gasteiger partial charge in [-0.3, -0.25) is 0 Å². The molecular weight excluding hydrogens is 182 g/mol. The van der Waals surface area contributed by atoms with Crippen LogP contribution in [0.4, 0.5) is 0 Å². The SMILES string of the molecule is CC.CC(c1ccccc1)c1ccc[nH]1. The van der Waals surface area contributed by atoms with Gasteiger partial charge in [0.05, 0.1) is 0 Å². The van der Waals surface area contributed by atoms with Crippen molar-refractivity contribution in [2.24, 2.45) is 0 Å². The Balaban J connectivity index is 0.000000531. The maximum absolute atomic E-state index is 3.24. The van der Waals surface area contributed by atoms with E-state index in [4.69, 9.17) is 0 Å². The number of aromatic amines is 1. The smallest absolute Gasteiger partial charge is 0.0220 e. The molecule has 1 atom stereocenters. The molecule has 2 rings (SSSR count). The lowest BCUT2D eigenvalue weighted by Crippen LogP contribution is -1.95. The summed E-state index contributed by atoms with van der Waals surface area (Å²) in [7, 11) is 0. The predicted octanol–water partition coefficient (Wildman–Crippen LogP) is 4.19. The number of H-pyrrole nitrogens is 1. The third-order valence-corrected chi connectivity index (χ3v) is 2.39. The first-order chi connectivity index (χ1) is 7.38. The van der Waals surface area contributed by atoms with Crippen LogP contribution >= 0.6 is 0 Å². The minimum absolute atomic E-state index is 0.455. The Morgan fingerprint density at radius 1 is 0.933 bits per heavy atom. The lowest BCUT2D eigenvalue weighted by Gasteiger charge is -2.09. The normalized spacial score (nSPS) is 11.4. The molecule has 80 valence electrons. The highest BCUT2D eigenvalue weighted by Crippen LogP contribution is 2.21. The van der Waals surface area contributed by atoms with Crippen LogP contribution in [-0.2, 0) is 0 Å². The van der Waals surface area contributed by atoms with Gasteiger partial charge in [0.2, 0.25) is 0 Å². The Kier molecular flexibility index (Phi) is 4.69. The van der Waals surface area contributed by atoms with Gasteiger partial charge in [-0.2, -0.15) is 0 Å². The molecule has 0 aliphatic rings. The fourth-order valence-electron chi connectivity index (χ4n) is 1.53. The molecule has 0 saturated heterocycles. The van der Waals surface area contributed by atoms with Gasteiger partial charge in [-0.25, -0.2) is 0 Å². The second-order valence-electron chi connectivity index (χ2n) is 3.26. The van der Waals surface area contributed by atoms with Crippen LogP contribution in [0.15, 0.2) is 48.7 Å². The van der Waals surface area contributed by atoms with Crippen LogP contribution in [0.1, 0.15) is 37.9 Å². The largest absolute Gasteiger partial charge is 0.364 e. The summed E-state index contributed by atoms with van der Waals surface area (Å²) >= 11 is 0. The molecule has 0 amide bonds. The monoisotopic (exact) mass is 201 g/mol. The summed E-state index contributed by atoms with van der Waals surface area (Å²) in [5, 5.41) is 0. The first-order valence-corrected chi connectivity index (χ1v) is 5.56. The van der Waals surface area contributed by atoms with Crippen LogP contribution in [0.2, 0.25) is 0 Å². The summed E-state index contributed by atoms with van der Waals surface area (Å²) in [6.45, 7) is 6.21. The van der Waals surface area contributed by atoms with Gasteiger partial charge >= 0.3 is 0 Å². The number of rotatable bonds is 2. The van der Waals surface area contributed by atoms with E-state index in [0.29, 0.717) is 5.92 Å².